The molecule has 0 atom stereocenters. The molecular formula is C15H12FN3O4S. The Bertz CT molecular complexity index is 831. The Kier molecular flexibility index (Phi) is 4.92. The van der Waals surface area contributed by atoms with Gasteiger partial charge in [-0.1, -0.05) is 5.16 Å². The second-order valence-electron chi connectivity index (χ2n) is 4.66. The summed E-state index contributed by atoms with van der Waals surface area (Å²) < 4.78 is 28.0. The van der Waals surface area contributed by atoms with Crippen LogP contribution in [0.2, 0.25) is 0 Å². The summed E-state index contributed by atoms with van der Waals surface area (Å²) in [7, 11) is 1.55. The van der Waals surface area contributed by atoms with E-state index in [0.717, 1.165) is 0 Å². The van der Waals surface area contributed by atoms with Crippen molar-refractivity contribution in [3.63, 3.8) is 0 Å². The normalized spacial score (nSPS) is 10.8. The van der Waals surface area contributed by atoms with Crippen LogP contribution in [0.3, 0.4) is 0 Å². The lowest BCUT2D eigenvalue weighted by Crippen LogP contribution is -2.06. The number of methoxy groups -OCH3 is 1. The maximum absolute atomic E-state index is 12.9. The lowest BCUT2D eigenvalue weighted by molar-refractivity contribution is 0.0453. The van der Waals surface area contributed by atoms with E-state index >= 15 is 0 Å². The zero-order valence-electron chi connectivity index (χ0n) is 12.6. The molecule has 0 saturated heterocycles. The zero-order chi connectivity index (χ0) is 16.9. The number of carbonyl (C=O) groups is 1. The maximum atomic E-state index is 12.9. The minimum absolute atomic E-state index is 0.152. The van der Waals surface area contributed by atoms with Gasteiger partial charge in [-0.2, -0.15) is 4.98 Å². The average molecular weight is 349 g/mol. The molecule has 7 nitrogen and oxygen atoms in total. The van der Waals surface area contributed by atoms with Crippen molar-refractivity contribution in [3.05, 3.63) is 52.0 Å². The highest BCUT2D eigenvalue weighted by Crippen LogP contribution is 2.18. The summed E-state index contributed by atoms with van der Waals surface area (Å²) in [6, 6.07) is 5.62. The van der Waals surface area contributed by atoms with Crippen LogP contribution in [-0.4, -0.2) is 28.2 Å². The van der Waals surface area contributed by atoms with Crippen molar-refractivity contribution in [3.8, 4) is 11.5 Å². The molecule has 0 saturated carbocycles. The van der Waals surface area contributed by atoms with Gasteiger partial charge in [-0.15, -0.1) is 11.3 Å². The van der Waals surface area contributed by atoms with Crippen molar-refractivity contribution in [1.29, 1.82) is 0 Å². The molecule has 0 aliphatic rings. The second kappa shape index (κ2) is 7.28. The van der Waals surface area contributed by atoms with E-state index in [1.165, 1.54) is 35.6 Å². The van der Waals surface area contributed by atoms with Gasteiger partial charge in [0.1, 0.15) is 10.8 Å². The van der Waals surface area contributed by atoms with Crippen molar-refractivity contribution in [2.75, 3.05) is 7.11 Å². The van der Waals surface area contributed by atoms with Gasteiger partial charge in [0.25, 0.3) is 5.89 Å². The molecule has 0 fully saturated rings. The van der Waals surface area contributed by atoms with Crippen LogP contribution in [0, 0.1) is 5.82 Å². The highest BCUT2D eigenvalue weighted by atomic mass is 32.1. The molecular weight excluding hydrogens is 337 g/mol. The number of rotatable bonds is 6. The zero-order valence-corrected chi connectivity index (χ0v) is 13.4. The van der Waals surface area contributed by atoms with Crippen LogP contribution in [0.25, 0.3) is 11.5 Å². The van der Waals surface area contributed by atoms with Crippen LogP contribution in [0.15, 0.2) is 34.2 Å². The van der Waals surface area contributed by atoms with Crippen LogP contribution in [0.5, 0.6) is 0 Å². The molecule has 3 rings (SSSR count). The Balaban J connectivity index is 1.60. The number of benzene rings is 1. The largest absolute Gasteiger partial charge is 0.453 e. The molecule has 0 radical (unpaired) electrons. The van der Waals surface area contributed by atoms with E-state index in [2.05, 4.69) is 15.1 Å². The summed E-state index contributed by atoms with van der Waals surface area (Å²) in [5, 5.41) is 6.00. The molecule has 0 aliphatic heterocycles. The van der Waals surface area contributed by atoms with E-state index in [-0.39, 0.29) is 29.8 Å². The molecule has 0 bridgehead atoms. The van der Waals surface area contributed by atoms with E-state index < -0.39 is 5.97 Å². The lowest BCUT2D eigenvalue weighted by atomic mass is 10.2. The van der Waals surface area contributed by atoms with Crippen LogP contribution in [0.4, 0.5) is 4.39 Å². The Morgan fingerprint density at radius 1 is 1.25 bits per heavy atom. The number of ether oxygens (including phenoxy) is 2. The summed E-state index contributed by atoms with van der Waals surface area (Å²) in [5.41, 5.74) is 0.777. The fourth-order valence-corrected chi connectivity index (χ4v) is 2.55. The van der Waals surface area contributed by atoms with Crippen molar-refractivity contribution in [2.45, 2.75) is 13.2 Å². The molecule has 9 heteroatoms. The Morgan fingerprint density at radius 3 is 2.79 bits per heavy atom. The molecule has 0 spiro atoms. The van der Waals surface area contributed by atoms with Gasteiger partial charge in [0.2, 0.25) is 5.82 Å². The fourth-order valence-electron chi connectivity index (χ4n) is 1.82. The molecule has 1 aromatic carbocycles. The number of nitrogens with zero attached hydrogens (tertiary/aromatic N) is 3. The third-order valence-corrected chi connectivity index (χ3v) is 3.74. The van der Waals surface area contributed by atoms with Gasteiger partial charge in [0, 0.05) is 18.1 Å². The van der Waals surface area contributed by atoms with Crippen molar-refractivity contribution >= 4 is 17.3 Å². The molecule has 2 aromatic heterocycles. The summed E-state index contributed by atoms with van der Waals surface area (Å²) in [6.45, 7) is 0.185. The standard InChI is InChI=1S/C15H12FN3O4S/c1-21-7-13-17-11(8-24-13)15(20)22-6-12-18-14(23-19-12)9-2-4-10(16)5-3-9/h2-5,8H,6-7H2,1H3. The number of halogens is 1. The first-order chi connectivity index (χ1) is 11.7. The Morgan fingerprint density at radius 2 is 2.04 bits per heavy atom. The molecule has 124 valence electrons. The number of hydrogen-bond donors (Lipinski definition) is 0. The quantitative estimate of drug-likeness (QED) is 0.632. The van der Waals surface area contributed by atoms with Gasteiger partial charge in [-0.3, -0.25) is 0 Å². The third kappa shape index (κ3) is 3.81. The smallest absolute Gasteiger partial charge is 0.358 e. The summed E-state index contributed by atoms with van der Waals surface area (Å²) >= 11 is 1.31. The van der Waals surface area contributed by atoms with Crippen molar-refractivity contribution < 1.29 is 23.2 Å². The van der Waals surface area contributed by atoms with Gasteiger partial charge < -0.3 is 14.0 Å². The van der Waals surface area contributed by atoms with Gasteiger partial charge in [-0.25, -0.2) is 14.2 Å². The van der Waals surface area contributed by atoms with Crippen LogP contribution < -0.4 is 0 Å². The number of carbonyl (C=O) groups excluding carboxylic acids is 1. The van der Waals surface area contributed by atoms with E-state index in [4.69, 9.17) is 14.0 Å². The van der Waals surface area contributed by atoms with Gasteiger partial charge >= 0.3 is 5.97 Å². The van der Waals surface area contributed by atoms with Crippen LogP contribution in [0.1, 0.15) is 21.3 Å². The topological polar surface area (TPSA) is 87.3 Å². The fraction of sp³-hybridized carbons (Fsp3) is 0.200. The highest BCUT2D eigenvalue weighted by Gasteiger charge is 2.15. The van der Waals surface area contributed by atoms with E-state index in [0.29, 0.717) is 17.2 Å². The number of esters is 1. The average Bonchev–Trinajstić information content (AvgIpc) is 3.23. The predicted molar refractivity (Wildman–Crippen MR) is 81.6 cm³/mol. The highest BCUT2D eigenvalue weighted by molar-refractivity contribution is 7.09. The van der Waals surface area contributed by atoms with Crippen LogP contribution in [-0.2, 0) is 22.7 Å². The lowest BCUT2D eigenvalue weighted by Gasteiger charge is -1.98. The number of thiazole rings is 1. The molecule has 0 amide bonds. The predicted octanol–water partition coefficient (Wildman–Crippen LogP) is 2.84. The SMILES string of the molecule is COCc1nc(C(=O)OCc2noc(-c3ccc(F)cc3)n2)cs1. The monoisotopic (exact) mass is 349 g/mol. The molecule has 0 aliphatic carbocycles. The molecule has 2 heterocycles. The maximum Gasteiger partial charge on any atom is 0.358 e. The Hall–Kier alpha value is -2.65. The van der Waals surface area contributed by atoms with E-state index in [1.54, 1.807) is 12.5 Å². The van der Waals surface area contributed by atoms with Crippen molar-refractivity contribution in [2.24, 2.45) is 0 Å². The third-order valence-electron chi connectivity index (χ3n) is 2.92. The van der Waals surface area contributed by atoms with Gasteiger partial charge in [0.15, 0.2) is 12.3 Å². The van der Waals surface area contributed by atoms with Gasteiger partial charge in [-0.05, 0) is 24.3 Å². The van der Waals surface area contributed by atoms with Crippen molar-refractivity contribution in [1.82, 2.24) is 15.1 Å². The molecule has 0 unspecified atom stereocenters. The van der Waals surface area contributed by atoms with Crippen LogP contribution >= 0.6 is 11.3 Å². The molecule has 24 heavy (non-hydrogen) atoms. The minimum atomic E-state index is -0.582. The van der Waals surface area contributed by atoms with Gasteiger partial charge in [0.05, 0.1) is 6.61 Å². The van der Waals surface area contributed by atoms with E-state index in [9.17, 15) is 9.18 Å². The van der Waals surface area contributed by atoms with E-state index in [1.807, 2.05) is 0 Å². The first kappa shape index (κ1) is 16.2. The number of hydrogen-bond acceptors (Lipinski definition) is 8. The first-order valence-corrected chi connectivity index (χ1v) is 7.72. The summed E-state index contributed by atoms with van der Waals surface area (Å²) in [4.78, 5) is 20.1. The minimum Gasteiger partial charge on any atom is -0.453 e. The summed E-state index contributed by atoms with van der Waals surface area (Å²) in [6.07, 6.45) is 0. The molecule has 0 N–H and O–H groups in total. The number of aromatic nitrogens is 3. The summed E-state index contributed by atoms with van der Waals surface area (Å²) in [5.74, 6) is -0.516. The Labute approximate surface area is 140 Å². The first-order valence-electron chi connectivity index (χ1n) is 6.84. The molecule has 3 aromatic rings. The second-order valence-corrected chi connectivity index (χ2v) is 5.60.